The third-order valence-electron chi connectivity index (χ3n) is 6.44. The van der Waals surface area contributed by atoms with Gasteiger partial charge in [-0.25, -0.2) is 4.79 Å². The van der Waals surface area contributed by atoms with Crippen LogP contribution in [0, 0.1) is 6.92 Å². The fraction of sp³-hybridized carbons (Fsp3) is 0.320. The van der Waals surface area contributed by atoms with E-state index in [1.165, 1.54) is 9.13 Å². The molecule has 1 aliphatic rings. The summed E-state index contributed by atoms with van der Waals surface area (Å²) in [4.78, 5) is 42.1. The molecule has 4 aromatic rings. The van der Waals surface area contributed by atoms with Crippen LogP contribution in [0.3, 0.4) is 0 Å². The van der Waals surface area contributed by atoms with Crippen LogP contribution in [-0.2, 0) is 24.9 Å². The van der Waals surface area contributed by atoms with E-state index < -0.39 is 5.69 Å². The Morgan fingerprint density at radius 1 is 0.938 bits per heavy atom. The summed E-state index contributed by atoms with van der Waals surface area (Å²) in [6.45, 7) is 3.50. The van der Waals surface area contributed by atoms with Gasteiger partial charge < -0.3 is 9.47 Å². The smallest absolute Gasteiger partial charge is 0.332 e. The Hall–Kier alpha value is -3.61. The van der Waals surface area contributed by atoms with Crippen molar-refractivity contribution in [3.63, 3.8) is 0 Å². The van der Waals surface area contributed by atoms with Gasteiger partial charge in [0.1, 0.15) is 12.1 Å². The standard InChI is InChI=1S/C25H26N4O3/c1-17-10-11-20-19(14-17)22-23(26(20)2)24(31)29(15-18-8-4-3-5-9-18)25(32)28(22)16-21(30)27-12-6-7-13-27/h3-5,8-11,14H,6-7,12-13,15-16H2,1-2H3. The van der Waals surface area contributed by atoms with Crippen LogP contribution in [0.1, 0.15) is 24.0 Å². The van der Waals surface area contributed by atoms with Crippen molar-refractivity contribution in [1.82, 2.24) is 18.6 Å². The molecule has 7 heteroatoms. The third-order valence-corrected chi connectivity index (χ3v) is 6.44. The highest BCUT2D eigenvalue weighted by Crippen LogP contribution is 2.26. The third kappa shape index (κ3) is 3.25. The van der Waals surface area contributed by atoms with Gasteiger partial charge in [0.05, 0.1) is 17.6 Å². The van der Waals surface area contributed by atoms with Crippen LogP contribution in [0.15, 0.2) is 58.1 Å². The molecular formula is C25H26N4O3. The van der Waals surface area contributed by atoms with Gasteiger partial charge in [-0.2, -0.15) is 0 Å². The largest absolute Gasteiger partial charge is 0.341 e. The summed E-state index contributed by atoms with van der Waals surface area (Å²) in [5.41, 5.74) is 2.94. The Morgan fingerprint density at radius 2 is 1.66 bits per heavy atom. The maximum atomic E-state index is 13.6. The number of benzene rings is 2. The SMILES string of the molecule is Cc1ccc2c(c1)c1c(c(=O)n(Cc3ccccc3)c(=O)n1CC(=O)N1CCCC1)n2C. The summed E-state index contributed by atoms with van der Waals surface area (Å²) in [6.07, 6.45) is 1.97. The van der Waals surface area contributed by atoms with Crippen LogP contribution in [0.5, 0.6) is 0 Å². The molecule has 32 heavy (non-hydrogen) atoms. The van der Waals surface area contributed by atoms with Crippen LogP contribution in [0.25, 0.3) is 21.9 Å². The molecule has 0 radical (unpaired) electrons. The molecule has 0 atom stereocenters. The lowest BCUT2D eigenvalue weighted by Crippen LogP contribution is -2.43. The number of nitrogens with zero attached hydrogens (tertiary/aromatic N) is 4. The van der Waals surface area contributed by atoms with Crippen molar-refractivity contribution < 1.29 is 4.79 Å². The van der Waals surface area contributed by atoms with Gasteiger partial charge in [0.25, 0.3) is 5.56 Å². The molecule has 5 rings (SSSR count). The molecular weight excluding hydrogens is 404 g/mol. The summed E-state index contributed by atoms with van der Waals surface area (Å²) < 4.78 is 4.59. The average Bonchev–Trinajstić information content (AvgIpc) is 3.42. The van der Waals surface area contributed by atoms with Crippen LogP contribution in [0.2, 0.25) is 0 Å². The van der Waals surface area contributed by atoms with E-state index in [1.807, 2.05) is 67.1 Å². The molecule has 0 N–H and O–H groups in total. The highest BCUT2D eigenvalue weighted by molar-refractivity contribution is 6.06. The lowest BCUT2D eigenvalue weighted by molar-refractivity contribution is -0.130. The monoisotopic (exact) mass is 430 g/mol. The first-order valence-corrected chi connectivity index (χ1v) is 11.0. The zero-order valence-electron chi connectivity index (χ0n) is 18.4. The number of carbonyl (C=O) groups is 1. The Kier molecular flexibility index (Phi) is 4.96. The molecule has 2 aromatic heterocycles. The van der Waals surface area contributed by atoms with Gasteiger partial charge in [0.15, 0.2) is 0 Å². The molecule has 7 nitrogen and oxygen atoms in total. The lowest BCUT2D eigenvalue weighted by Gasteiger charge is -2.18. The molecule has 1 amide bonds. The van der Waals surface area contributed by atoms with Crippen molar-refractivity contribution in [3.05, 3.63) is 80.5 Å². The zero-order valence-corrected chi connectivity index (χ0v) is 18.4. The Bertz CT molecular complexity index is 1450. The highest BCUT2D eigenvalue weighted by atomic mass is 16.2. The van der Waals surface area contributed by atoms with Crippen LogP contribution in [0.4, 0.5) is 0 Å². The molecule has 0 unspecified atom stereocenters. The maximum absolute atomic E-state index is 13.6. The van der Waals surface area contributed by atoms with Crippen molar-refractivity contribution in [2.75, 3.05) is 13.1 Å². The Morgan fingerprint density at radius 3 is 2.38 bits per heavy atom. The molecule has 2 aromatic carbocycles. The number of hydrogen-bond donors (Lipinski definition) is 0. The van der Waals surface area contributed by atoms with E-state index in [0.717, 1.165) is 48.0 Å². The highest BCUT2D eigenvalue weighted by Gasteiger charge is 2.24. The first-order valence-electron chi connectivity index (χ1n) is 11.0. The molecule has 0 bridgehead atoms. The summed E-state index contributed by atoms with van der Waals surface area (Å²) in [5.74, 6) is -0.0829. The number of hydrogen-bond acceptors (Lipinski definition) is 3. The van der Waals surface area contributed by atoms with E-state index in [2.05, 4.69) is 0 Å². The van der Waals surface area contributed by atoms with Crippen LogP contribution >= 0.6 is 0 Å². The molecule has 0 spiro atoms. The van der Waals surface area contributed by atoms with Gasteiger partial charge in [-0.05, 0) is 37.5 Å². The van der Waals surface area contributed by atoms with E-state index in [4.69, 9.17) is 0 Å². The number of likely N-dealkylation sites (tertiary alicyclic amines) is 1. The van der Waals surface area contributed by atoms with E-state index in [1.54, 1.807) is 4.90 Å². The summed E-state index contributed by atoms with van der Waals surface area (Å²) >= 11 is 0. The molecule has 3 heterocycles. The fourth-order valence-corrected chi connectivity index (χ4v) is 4.77. The van der Waals surface area contributed by atoms with Crippen molar-refractivity contribution in [2.24, 2.45) is 7.05 Å². The van der Waals surface area contributed by atoms with Crippen molar-refractivity contribution in [3.8, 4) is 0 Å². The maximum Gasteiger partial charge on any atom is 0.332 e. The van der Waals surface area contributed by atoms with Gasteiger partial charge in [0.2, 0.25) is 5.91 Å². The summed E-state index contributed by atoms with van der Waals surface area (Å²) in [6, 6.07) is 15.4. The van der Waals surface area contributed by atoms with Gasteiger partial charge in [0, 0.05) is 25.5 Å². The normalized spacial score (nSPS) is 14.0. The van der Waals surface area contributed by atoms with E-state index in [9.17, 15) is 14.4 Å². The van der Waals surface area contributed by atoms with Crippen LogP contribution in [-0.4, -0.2) is 37.6 Å². The molecule has 1 saturated heterocycles. The van der Waals surface area contributed by atoms with Gasteiger partial charge >= 0.3 is 5.69 Å². The quantitative estimate of drug-likeness (QED) is 0.500. The van der Waals surface area contributed by atoms with Gasteiger partial charge in [-0.15, -0.1) is 0 Å². The predicted octanol–water partition coefficient (Wildman–Crippen LogP) is 2.63. The minimum atomic E-state index is -0.451. The molecule has 0 saturated carbocycles. The Balaban J connectivity index is 1.79. The van der Waals surface area contributed by atoms with Crippen molar-refractivity contribution >= 4 is 27.8 Å². The van der Waals surface area contributed by atoms with Gasteiger partial charge in [-0.1, -0.05) is 42.0 Å². The Labute approximate surface area is 185 Å². The number of aryl methyl sites for hydroxylation is 2. The second-order valence-corrected chi connectivity index (χ2v) is 8.61. The van der Waals surface area contributed by atoms with E-state index >= 15 is 0 Å². The predicted molar refractivity (Wildman–Crippen MR) is 125 cm³/mol. The average molecular weight is 431 g/mol. The number of aromatic nitrogens is 3. The summed E-state index contributed by atoms with van der Waals surface area (Å²) in [5, 5.41) is 0.817. The van der Waals surface area contributed by atoms with Crippen molar-refractivity contribution in [1.29, 1.82) is 0 Å². The summed E-state index contributed by atoms with van der Waals surface area (Å²) in [7, 11) is 1.84. The van der Waals surface area contributed by atoms with Gasteiger partial charge in [-0.3, -0.25) is 18.7 Å². The minimum absolute atomic E-state index is 0.0720. The lowest BCUT2D eigenvalue weighted by atomic mass is 10.1. The first-order chi connectivity index (χ1) is 15.5. The minimum Gasteiger partial charge on any atom is -0.341 e. The van der Waals surface area contributed by atoms with Crippen molar-refractivity contribution in [2.45, 2.75) is 32.9 Å². The first kappa shape index (κ1) is 20.3. The topological polar surface area (TPSA) is 69.2 Å². The molecule has 0 aliphatic carbocycles. The fourth-order valence-electron chi connectivity index (χ4n) is 4.77. The zero-order chi connectivity index (χ0) is 22.4. The second-order valence-electron chi connectivity index (χ2n) is 8.61. The number of amides is 1. The second kappa shape index (κ2) is 7.82. The van der Waals surface area contributed by atoms with Crippen LogP contribution < -0.4 is 11.2 Å². The molecule has 1 aliphatic heterocycles. The molecule has 164 valence electrons. The number of rotatable bonds is 4. The number of carbonyl (C=O) groups excluding carboxylic acids is 1. The van der Waals surface area contributed by atoms with E-state index in [-0.39, 0.29) is 24.6 Å². The molecule has 1 fully saturated rings. The van der Waals surface area contributed by atoms with E-state index in [0.29, 0.717) is 11.0 Å². The number of fused-ring (bicyclic) bond motifs is 3.